The smallest absolute Gasteiger partial charge is 0.147 e. The second-order valence-corrected chi connectivity index (χ2v) is 4.58. The molecule has 0 aliphatic carbocycles. The second-order valence-electron chi connectivity index (χ2n) is 4.17. The average molecular weight is 228 g/mol. The first-order valence-corrected chi connectivity index (χ1v) is 5.45. The van der Waals surface area contributed by atoms with E-state index in [0.717, 1.165) is 5.82 Å². The van der Waals surface area contributed by atoms with Gasteiger partial charge in [0, 0.05) is 13.1 Å². The average Bonchev–Trinajstić information content (AvgIpc) is 2.15. The number of nitrogens with zero attached hydrogens (tertiary/aromatic N) is 2. The number of halogens is 1. The zero-order chi connectivity index (χ0) is 11.6. The molecule has 1 heterocycles. The van der Waals surface area contributed by atoms with E-state index in [0.29, 0.717) is 22.7 Å². The van der Waals surface area contributed by atoms with Crippen molar-refractivity contribution >= 4 is 23.1 Å². The summed E-state index contributed by atoms with van der Waals surface area (Å²) in [6.07, 6.45) is 1.63. The first-order valence-electron chi connectivity index (χ1n) is 5.07. The highest BCUT2D eigenvalue weighted by atomic mass is 35.5. The minimum Gasteiger partial charge on any atom is -0.397 e. The van der Waals surface area contributed by atoms with Crippen LogP contribution in [0.2, 0.25) is 5.02 Å². The number of anilines is 2. The molecule has 0 saturated carbocycles. The van der Waals surface area contributed by atoms with Crippen molar-refractivity contribution in [2.45, 2.75) is 26.8 Å². The predicted molar refractivity (Wildman–Crippen MR) is 66.4 cm³/mol. The normalized spacial score (nSPS) is 12.9. The Morgan fingerprint density at radius 1 is 1.40 bits per heavy atom. The maximum Gasteiger partial charge on any atom is 0.147 e. The Balaban J connectivity index is 2.96. The van der Waals surface area contributed by atoms with Crippen molar-refractivity contribution in [1.82, 2.24) is 4.98 Å². The van der Waals surface area contributed by atoms with Crippen molar-refractivity contribution in [3.8, 4) is 0 Å². The summed E-state index contributed by atoms with van der Waals surface area (Å²) >= 11 is 6.09. The molecule has 0 amide bonds. The highest BCUT2D eigenvalue weighted by Crippen LogP contribution is 2.26. The SMILES string of the molecule is CC(C)C(C)N(C)c1ncc(N)cc1Cl. The van der Waals surface area contributed by atoms with Gasteiger partial charge >= 0.3 is 0 Å². The lowest BCUT2D eigenvalue weighted by Gasteiger charge is -2.29. The molecule has 1 atom stereocenters. The molecule has 0 fully saturated rings. The van der Waals surface area contributed by atoms with Crippen LogP contribution in [0.5, 0.6) is 0 Å². The van der Waals surface area contributed by atoms with Crippen LogP contribution in [0.1, 0.15) is 20.8 Å². The van der Waals surface area contributed by atoms with Crippen LogP contribution in [-0.4, -0.2) is 18.1 Å². The van der Waals surface area contributed by atoms with E-state index >= 15 is 0 Å². The Morgan fingerprint density at radius 3 is 2.47 bits per heavy atom. The van der Waals surface area contributed by atoms with Crippen molar-refractivity contribution < 1.29 is 0 Å². The lowest BCUT2D eigenvalue weighted by Crippen LogP contribution is -2.33. The summed E-state index contributed by atoms with van der Waals surface area (Å²) < 4.78 is 0. The zero-order valence-electron chi connectivity index (χ0n) is 9.66. The number of hydrogen-bond acceptors (Lipinski definition) is 3. The van der Waals surface area contributed by atoms with E-state index in [1.807, 2.05) is 7.05 Å². The van der Waals surface area contributed by atoms with E-state index in [9.17, 15) is 0 Å². The van der Waals surface area contributed by atoms with Crippen LogP contribution < -0.4 is 10.6 Å². The summed E-state index contributed by atoms with van der Waals surface area (Å²) in [7, 11) is 2.00. The fraction of sp³-hybridized carbons (Fsp3) is 0.545. The summed E-state index contributed by atoms with van der Waals surface area (Å²) in [5.74, 6) is 1.33. The van der Waals surface area contributed by atoms with E-state index < -0.39 is 0 Å². The lowest BCUT2D eigenvalue weighted by molar-refractivity contribution is 0.503. The maximum atomic E-state index is 6.09. The molecule has 0 radical (unpaired) electrons. The van der Waals surface area contributed by atoms with Gasteiger partial charge in [-0.3, -0.25) is 0 Å². The van der Waals surface area contributed by atoms with E-state index in [2.05, 4.69) is 30.7 Å². The molecule has 0 aromatic carbocycles. The molecule has 1 aromatic rings. The minimum absolute atomic E-state index is 0.388. The van der Waals surface area contributed by atoms with Crippen molar-refractivity contribution in [2.75, 3.05) is 17.7 Å². The minimum atomic E-state index is 0.388. The van der Waals surface area contributed by atoms with Gasteiger partial charge in [-0.2, -0.15) is 0 Å². The summed E-state index contributed by atoms with van der Waals surface area (Å²) in [6, 6.07) is 2.12. The van der Waals surface area contributed by atoms with E-state index in [1.165, 1.54) is 0 Å². The first-order chi connectivity index (χ1) is 6.93. The van der Waals surface area contributed by atoms with Gasteiger partial charge in [0.25, 0.3) is 0 Å². The maximum absolute atomic E-state index is 6.09. The van der Waals surface area contributed by atoms with Crippen molar-refractivity contribution in [1.29, 1.82) is 0 Å². The number of nitrogen functional groups attached to an aromatic ring is 1. The van der Waals surface area contributed by atoms with Gasteiger partial charge in [-0.15, -0.1) is 0 Å². The molecule has 1 unspecified atom stereocenters. The lowest BCUT2D eigenvalue weighted by atomic mass is 10.1. The first kappa shape index (κ1) is 12.1. The number of nitrogens with two attached hydrogens (primary N) is 1. The fourth-order valence-corrected chi connectivity index (χ4v) is 1.65. The molecule has 0 aliphatic heterocycles. The van der Waals surface area contributed by atoms with Gasteiger partial charge in [0.1, 0.15) is 5.82 Å². The number of pyridine rings is 1. The molecular formula is C11H18ClN3. The molecule has 2 N–H and O–H groups in total. The Bertz CT molecular complexity index is 339. The van der Waals surface area contributed by atoms with E-state index in [1.54, 1.807) is 12.3 Å². The van der Waals surface area contributed by atoms with Crippen molar-refractivity contribution in [3.05, 3.63) is 17.3 Å². The summed E-state index contributed by atoms with van der Waals surface area (Å²) in [5, 5.41) is 0.602. The molecule has 15 heavy (non-hydrogen) atoms. The molecule has 0 saturated heterocycles. The van der Waals surface area contributed by atoms with Gasteiger partial charge in [-0.1, -0.05) is 25.4 Å². The molecule has 3 nitrogen and oxygen atoms in total. The molecule has 0 bridgehead atoms. The molecule has 4 heteroatoms. The van der Waals surface area contributed by atoms with E-state index in [-0.39, 0.29) is 0 Å². The number of hydrogen-bond donors (Lipinski definition) is 1. The van der Waals surface area contributed by atoms with E-state index in [4.69, 9.17) is 17.3 Å². The second kappa shape index (κ2) is 4.71. The molecule has 0 spiro atoms. The summed E-state index contributed by atoms with van der Waals surface area (Å²) in [6.45, 7) is 6.50. The van der Waals surface area contributed by atoms with Crippen LogP contribution in [0.4, 0.5) is 11.5 Å². The van der Waals surface area contributed by atoms with Gasteiger partial charge in [-0.25, -0.2) is 4.98 Å². The third-order valence-corrected chi connectivity index (χ3v) is 3.03. The van der Waals surface area contributed by atoms with Crippen molar-refractivity contribution in [3.63, 3.8) is 0 Å². The highest BCUT2D eigenvalue weighted by molar-refractivity contribution is 6.33. The molecule has 1 rings (SSSR count). The van der Waals surface area contributed by atoms with Gasteiger partial charge in [0.15, 0.2) is 0 Å². The largest absolute Gasteiger partial charge is 0.397 e. The zero-order valence-corrected chi connectivity index (χ0v) is 10.4. The molecular weight excluding hydrogens is 210 g/mol. The number of rotatable bonds is 3. The molecule has 0 aliphatic rings. The standard InChI is InChI=1S/C11H18ClN3/c1-7(2)8(3)15(4)11-10(12)5-9(13)6-14-11/h5-8H,13H2,1-4H3. The molecule has 84 valence electrons. The quantitative estimate of drug-likeness (QED) is 0.864. The Kier molecular flexibility index (Phi) is 3.80. The van der Waals surface area contributed by atoms with Gasteiger partial charge in [0.05, 0.1) is 16.9 Å². The Hall–Kier alpha value is -0.960. The predicted octanol–water partition coefficient (Wildman–Crippen LogP) is 2.80. The van der Waals surface area contributed by atoms with Crippen LogP contribution in [0, 0.1) is 5.92 Å². The van der Waals surface area contributed by atoms with Crippen LogP contribution in [0.3, 0.4) is 0 Å². The fourth-order valence-electron chi connectivity index (χ4n) is 1.35. The van der Waals surface area contributed by atoms with Crippen LogP contribution in [-0.2, 0) is 0 Å². The number of aromatic nitrogens is 1. The monoisotopic (exact) mass is 227 g/mol. The third kappa shape index (κ3) is 2.75. The third-order valence-electron chi connectivity index (χ3n) is 2.75. The van der Waals surface area contributed by atoms with Gasteiger partial charge < -0.3 is 10.6 Å². The van der Waals surface area contributed by atoms with Gasteiger partial charge in [-0.05, 0) is 18.9 Å². The Morgan fingerprint density at radius 2 is 2.00 bits per heavy atom. The van der Waals surface area contributed by atoms with Gasteiger partial charge in [0.2, 0.25) is 0 Å². The van der Waals surface area contributed by atoms with Crippen LogP contribution >= 0.6 is 11.6 Å². The van der Waals surface area contributed by atoms with Crippen molar-refractivity contribution in [2.24, 2.45) is 5.92 Å². The molecule has 1 aromatic heterocycles. The Labute approximate surface area is 96.2 Å². The highest BCUT2D eigenvalue weighted by Gasteiger charge is 2.16. The topological polar surface area (TPSA) is 42.2 Å². The van der Waals surface area contributed by atoms with Crippen LogP contribution in [0.15, 0.2) is 12.3 Å². The summed E-state index contributed by atoms with van der Waals surface area (Å²) in [4.78, 5) is 6.33. The van der Waals surface area contributed by atoms with Crippen LogP contribution in [0.25, 0.3) is 0 Å². The summed E-state index contributed by atoms with van der Waals surface area (Å²) in [5.41, 5.74) is 6.19.